The summed E-state index contributed by atoms with van der Waals surface area (Å²) < 4.78 is 11.3. The molecule has 1 unspecified atom stereocenters. The molecule has 0 radical (unpaired) electrons. The molecule has 46 heavy (non-hydrogen) atoms. The second-order valence-corrected chi connectivity index (χ2v) is 12.7. The number of esters is 1. The van der Waals surface area contributed by atoms with Crippen molar-refractivity contribution in [2.45, 2.75) is 83.3 Å². The number of aliphatic hydroxyl groups is 1. The van der Waals surface area contributed by atoms with Crippen molar-refractivity contribution in [1.29, 1.82) is 0 Å². The van der Waals surface area contributed by atoms with Gasteiger partial charge in [0.1, 0.15) is 11.5 Å². The molecular formula is C42H48O4. The lowest BCUT2D eigenvalue weighted by molar-refractivity contribution is -0.181. The van der Waals surface area contributed by atoms with Gasteiger partial charge in [-0.2, -0.15) is 0 Å². The molecule has 1 aliphatic rings. The van der Waals surface area contributed by atoms with Crippen molar-refractivity contribution in [3.8, 4) is 0 Å². The van der Waals surface area contributed by atoms with Crippen LogP contribution in [0.2, 0.25) is 0 Å². The number of aliphatic hydroxyl groups excluding tert-OH is 1. The molecule has 0 fully saturated rings. The maximum atomic E-state index is 12.2. The van der Waals surface area contributed by atoms with Crippen LogP contribution in [0.25, 0.3) is 0 Å². The van der Waals surface area contributed by atoms with Gasteiger partial charge in [0, 0.05) is 12.8 Å². The first-order valence-corrected chi connectivity index (χ1v) is 17.1. The second kappa shape index (κ2) is 18.1. The number of carbonyl (C=O) groups excluding carboxylic acids is 1. The van der Waals surface area contributed by atoms with E-state index in [1.54, 1.807) is 0 Å². The zero-order valence-electron chi connectivity index (χ0n) is 26.9. The number of ether oxygens (including phenoxy) is 2. The highest BCUT2D eigenvalue weighted by Gasteiger charge is 2.29. The van der Waals surface area contributed by atoms with Gasteiger partial charge in [-0.25, -0.2) is 4.79 Å². The van der Waals surface area contributed by atoms with Gasteiger partial charge in [-0.05, 0) is 85.5 Å². The monoisotopic (exact) mass is 616 g/mol. The fraction of sp³-hybridized carbons (Fsp3) is 0.357. The van der Waals surface area contributed by atoms with Crippen LogP contribution in [0.3, 0.4) is 0 Å². The standard InChI is InChI=1S/C42H48O4/c43-41-42(44)46-40(28-16-14-26-38(31-35-21-9-3-10-22-35)32-36-23-11-4-12-24-36)39(45-41)27-15-13-25-37(29-33-17-5-1-6-18-33)30-34-19-7-2-8-20-34/h1-12,17-24,37-38,41,43H,13-16,25-32H2. The summed E-state index contributed by atoms with van der Waals surface area (Å²) in [5.74, 6) is 1.59. The lowest BCUT2D eigenvalue weighted by Gasteiger charge is -2.25. The molecule has 1 aliphatic heterocycles. The summed E-state index contributed by atoms with van der Waals surface area (Å²) in [6, 6.07) is 42.9. The lowest BCUT2D eigenvalue weighted by Crippen LogP contribution is -2.31. The number of allylic oxidation sites excluding steroid dienone is 2. The van der Waals surface area contributed by atoms with Crippen LogP contribution < -0.4 is 0 Å². The summed E-state index contributed by atoms with van der Waals surface area (Å²) in [4.78, 5) is 12.2. The highest BCUT2D eigenvalue weighted by Crippen LogP contribution is 2.29. The molecule has 0 bridgehead atoms. The highest BCUT2D eigenvalue weighted by molar-refractivity contribution is 5.75. The van der Waals surface area contributed by atoms with E-state index in [2.05, 4.69) is 121 Å². The smallest absolute Gasteiger partial charge is 0.381 e. The van der Waals surface area contributed by atoms with Gasteiger partial charge in [-0.3, -0.25) is 0 Å². The molecule has 4 nitrogen and oxygen atoms in total. The van der Waals surface area contributed by atoms with Crippen molar-refractivity contribution in [2.75, 3.05) is 0 Å². The number of unbranched alkanes of at least 4 members (excludes halogenated alkanes) is 2. The van der Waals surface area contributed by atoms with Crippen molar-refractivity contribution >= 4 is 5.97 Å². The Morgan fingerprint density at radius 3 is 1.22 bits per heavy atom. The minimum atomic E-state index is -1.54. The molecule has 0 aromatic heterocycles. The van der Waals surface area contributed by atoms with E-state index in [4.69, 9.17) is 9.47 Å². The van der Waals surface area contributed by atoms with Crippen molar-refractivity contribution in [2.24, 2.45) is 11.8 Å². The Balaban J connectivity index is 1.14. The van der Waals surface area contributed by atoms with E-state index in [-0.39, 0.29) is 0 Å². The minimum absolute atomic E-state index is 0.532. The Morgan fingerprint density at radius 2 is 0.848 bits per heavy atom. The fourth-order valence-corrected chi connectivity index (χ4v) is 6.65. The summed E-state index contributed by atoms with van der Waals surface area (Å²) >= 11 is 0. The molecule has 0 saturated heterocycles. The number of carbonyl (C=O) groups is 1. The molecule has 1 heterocycles. The third kappa shape index (κ3) is 11.0. The van der Waals surface area contributed by atoms with Crippen LogP contribution in [0, 0.1) is 11.8 Å². The number of benzene rings is 4. The molecule has 0 spiro atoms. The van der Waals surface area contributed by atoms with Crippen molar-refractivity contribution in [3.63, 3.8) is 0 Å². The Bertz CT molecular complexity index is 1380. The number of hydrogen-bond acceptors (Lipinski definition) is 4. The second-order valence-electron chi connectivity index (χ2n) is 12.7. The summed E-state index contributed by atoms with van der Waals surface area (Å²) in [5.41, 5.74) is 5.47. The minimum Gasteiger partial charge on any atom is -0.455 e. The predicted octanol–water partition coefficient (Wildman–Crippen LogP) is 9.41. The van der Waals surface area contributed by atoms with E-state index >= 15 is 0 Å². The van der Waals surface area contributed by atoms with E-state index in [0.717, 1.165) is 64.2 Å². The maximum Gasteiger partial charge on any atom is 0.381 e. The largest absolute Gasteiger partial charge is 0.455 e. The van der Waals surface area contributed by atoms with Crippen molar-refractivity contribution in [1.82, 2.24) is 0 Å². The molecule has 0 saturated carbocycles. The van der Waals surface area contributed by atoms with Gasteiger partial charge < -0.3 is 14.6 Å². The fourth-order valence-electron chi connectivity index (χ4n) is 6.65. The Hall–Kier alpha value is -4.15. The van der Waals surface area contributed by atoms with Crippen LogP contribution in [-0.4, -0.2) is 17.4 Å². The van der Waals surface area contributed by atoms with E-state index in [1.165, 1.54) is 22.3 Å². The van der Waals surface area contributed by atoms with Crippen LogP contribution >= 0.6 is 0 Å². The predicted molar refractivity (Wildman–Crippen MR) is 185 cm³/mol. The molecular weight excluding hydrogens is 568 g/mol. The first-order valence-electron chi connectivity index (χ1n) is 17.1. The van der Waals surface area contributed by atoms with Gasteiger partial charge in [0.15, 0.2) is 0 Å². The molecule has 4 heteroatoms. The van der Waals surface area contributed by atoms with Crippen LogP contribution in [0.1, 0.15) is 73.6 Å². The van der Waals surface area contributed by atoms with Crippen molar-refractivity contribution in [3.05, 3.63) is 155 Å². The maximum absolute atomic E-state index is 12.2. The third-order valence-corrected chi connectivity index (χ3v) is 8.99. The molecule has 0 amide bonds. The van der Waals surface area contributed by atoms with E-state index in [0.29, 0.717) is 36.2 Å². The zero-order valence-corrected chi connectivity index (χ0v) is 26.9. The van der Waals surface area contributed by atoms with Crippen LogP contribution in [0.4, 0.5) is 0 Å². The number of cyclic esters (lactones) is 1. The molecule has 1 N–H and O–H groups in total. The van der Waals surface area contributed by atoms with Gasteiger partial charge in [-0.15, -0.1) is 0 Å². The van der Waals surface area contributed by atoms with E-state index in [1.807, 2.05) is 0 Å². The lowest BCUT2D eigenvalue weighted by atomic mass is 9.88. The molecule has 0 aliphatic carbocycles. The SMILES string of the molecule is O=C1OC(CCCCC(Cc2ccccc2)Cc2ccccc2)=C(CCCCC(Cc2ccccc2)Cc2ccccc2)OC1O. The quantitative estimate of drug-likeness (QED) is 0.0894. The highest BCUT2D eigenvalue weighted by atomic mass is 16.7. The molecule has 4 aromatic carbocycles. The Labute approximate surface area is 275 Å². The average molecular weight is 617 g/mol. The summed E-state index contributed by atoms with van der Waals surface area (Å²) in [6.45, 7) is 0. The first-order chi connectivity index (χ1) is 22.6. The molecule has 240 valence electrons. The average Bonchev–Trinajstić information content (AvgIpc) is 3.08. The zero-order chi connectivity index (χ0) is 31.8. The first kappa shape index (κ1) is 33.2. The molecule has 5 rings (SSSR count). The van der Waals surface area contributed by atoms with Gasteiger partial charge in [0.05, 0.1) is 0 Å². The van der Waals surface area contributed by atoms with Crippen LogP contribution in [0.15, 0.2) is 133 Å². The van der Waals surface area contributed by atoms with Crippen LogP contribution in [-0.2, 0) is 40.0 Å². The third-order valence-electron chi connectivity index (χ3n) is 8.99. The molecule has 1 atom stereocenters. The summed E-state index contributed by atoms with van der Waals surface area (Å²) in [7, 11) is 0. The van der Waals surface area contributed by atoms with Gasteiger partial charge >= 0.3 is 5.97 Å². The number of hydrogen-bond donors (Lipinski definition) is 1. The summed E-state index contributed by atoms with van der Waals surface area (Å²) in [6.07, 6.45) is 10.0. The van der Waals surface area contributed by atoms with E-state index < -0.39 is 12.3 Å². The van der Waals surface area contributed by atoms with Crippen molar-refractivity contribution < 1.29 is 19.4 Å². The van der Waals surface area contributed by atoms with Gasteiger partial charge in [0.2, 0.25) is 0 Å². The topological polar surface area (TPSA) is 55.8 Å². The normalized spacial score (nSPS) is 14.8. The summed E-state index contributed by atoms with van der Waals surface area (Å²) in [5, 5.41) is 10.1. The van der Waals surface area contributed by atoms with Crippen LogP contribution in [0.5, 0.6) is 0 Å². The Kier molecular flexibility index (Phi) is 13.1. The molecule has 4 aromatic rings. The number of rotatable bonds is 18. The van der Waals surface area contributed by atoms with Gasteiger partial charge in [0.25, 0.3) is 6.29 Å². The van der Waals surface area contributed by atoms with E-state index in [9.17, 15) is 9.90 Å². The Morgan fingerprint density at radius 1 is 0.500 bits per heavy atom. The van der Waals surface area contributed by atoms with Gasteiger partial charge in [-0.1, -0.05) is 134 Å².